The first-order valence-corrected chi connectivity index (χ1v) is 9.90. The van der Waals surface area contributed by atoms with Crippen LogP contribution in [-0.2, 0) is 0 Å². The molecule has 4 heterocycles. The Morgan fingerprint density at radius 1 is 1.21 bits per heavy atom. The molecule has 1 aliphatic rings. The van der Waals surface area contributed by atoms with Crippen LogP contribution in [0.15, 0.2) is 64.2 Å². The van der Waals surface area contributed by atoms with Gasteiger partial charge in [-0.3, -0.25) is 9.78 Å². The summed E-state index contributed by atoms with van der Waals surface area (Å²) in [5.41, 5.74) is 1.94. The third-order valence-corrected chi connectivity index (χ3v) is 5.22. The smallest absolute Gasteiger partial charge is 0.262 e. The van der Waals surface area contributed by atoms with Crippen LogP contribution >= 0.6 is 11.3 Å². The molecule has 3 aromatic heterocycles. The van der Waals surface area contributed by atoms with Gasteiger partial charge in [0.1, 0.15) is 17.5 Å². The predicted octanol–water partition coefficient (Wildman–Crippen LogP) is 3.16. The number of rotatable bonds is 5. The fraction of sp³-hybridized carbons (Fsp3) is 0.150. The van der Waals surface area contributed by atoms with Crippen molar-refractivity contribution < 1.29 is 14.1 Å². The second kappa shape index (κ2) is 7.44. The van der Waals surface area contributed by atoms with Crippen LogP contribution in [0.25, 0.3) is 23.0 Å². The van der Waals surface area contributed by atoms with E-state index >= 15 is 0 Å². The lowest BCUT2D eigenvalue weighted by molar-refractivity contribution is 0.0180. The molecule has 1 amide bonds. The highest BCUT2D eigenvalue weighted by atomic mass is 32.1. The third kappa shape index (κ3) is 3.47. The summed E-state index contributed by atoms with van der Waals surface area (Å²) in [5, 5.41) is 7.74. The third-order valence-electron chi connectivity index (χ3n) is 4.53. The zero-order valence-corrected chi connectivity index (χ0v) is 16.0. The Labute approximate surface area is 169 Å². The summed E-state index contributed by atoms with van der Waals surface area (Å²) in [5.74, 6) is 1.37. The van der Waals surface area contributed by atoms with Crippen molar-refractivity contribution >= 4 is 17.2 Å². The van der Waals surface area contributed by atoms with E-state index in [9.17, 15) is 4.79 Å². The van der Waals surface area contributed by atoms with Crippen molar-refractivity contribution in [3.05, 3.63) is 65.2 Å². The number of amides is 1. The van der Waals surface area contributed by atoms with Gasteiger partial charge in [0.2, 0.25) is 5.82 Å². The lowest BCUT2D eigenvalue weighted by Crippen LogP contribution is -2.56. The van der Waals surface area contributed by atoms with Gasteiger partial charge in [-0.25, -0.2) is 4.98 Å². The van der Waals surface area contributed by atoms with Crippen molar-refractivity contribution in [2.45, 2.75) is 6.10 Å². The maximum atomic E-state index is 12.3. The Morgan fingerprint density at radius 2 is 2.10 bits per heavy atom. The van der Waals surface area contributed by atoms with Gasteiger partial charge in [0.15, 0.2) is 0 Å². The highest BCUT2D eigenvalue weighted by Crippen LogP contribution is 2.31. The Kier molecular flexibility index (Phi) is 4.49. The minimum atomic E-state index is -0.0823. The molecule has 0 bridgehead atoms. The SMILES string of the molecule is O=C(c1ccsc1)N1CC(Oc2ccccc2-c2nc(-c3cnccn3)no2)C1. The normalized spacial score (nSPS) is 13.9. The molecule has 8 nitrogen and oxygen atoms in total. The quantitative estimate of drug-likeness (QED) is 0.503. The molecule has 0 spiro atoms. The van der Waals surface area contributed by atoms with Crippen LogP contribution in [0, 0.1) is 0 Å². The van der Waals surface area contributed by atoms with Gasteiger partial charge in [-0.05, 0) is 23.6 Å². The molecular formula is C20H15N5O3S. The molecule has 1 fully saturated rings. The zero-order chi connectivity index (χ0) is 19.6. The number of hydrogen-bond acceptors (Lipinski definition) is 8. The summed E-state index contributed by atoms with van der Waals surface area (Å²) in [4.78, 5) is 26.7. The topological polar surface area (TPSA) is 94.2 Å². The van der Waals surface area contributed by atoms with Crippen molar-refractivity contribution in [2.24, 2.45) is 0 Å². The second-order valence-corrected chi connectivity index (χ2v) is 7.25. The van der Waals surface area contributed by atoms with Crippen LogP contribution in [0.4, 0.5) is 0 Å². The monoisotopic (exact) mass is 405 g/mol. The molecule has 4 aromatic rings. The highest BCUT2D eigenvalue weighted by Gasteiger charge is 2.33. The minimum absolute atomic E-state index is 0.0323. The number of likely N-dealkylation sites (tertiary alicyclic amines) is 1. The molecule has 0 aliphatic carbocycles. The van der Waals surface area contributed by atoms with E-state index in [-0.39, 0.29) is 12.0 Å². The van der Waals surface area contributed by atoms with Crippen LogP contribution in [-0.4, -0.2) is 50.1 Å². The van der Waals surface area contributed by atoms with E-state index in [4.69, 9.17) is 9.26 Å². The van der Waals surface area contributed by atoms with Gasteiger partial charge in [-0.15, -0.1) is 0 Å². The largest absolute Gasteiger partial charge is 0.486 e. The van der Waals surface area contributed by atoms with Crippen molar-refractivity contribution in [2.75, 3.05) is 13.1 Å². The van der Waals surface area contributed by atoms with Gasteiger partial charge < -0.3 is 14.2 Å². The van der Waals surface area contributed by atoms with Crippen LogP contribution < -0.4 is 4.74 Å². The Hall–Kier alpha value is -3.59. The molecule has 1 aliphatic heterocycles. The van der Waals surface area contributed by atoms with E-state index in [1.54, 1.807) is 23.5 Å². The molecule has 1 saturated heterocycles. The van der Waals surface area contributed by atoms with Crippen molar-refractivity contribution in [1.29, 1.82) is 0 Å². The predicted molar refractivity (Wildman–Crippen MR) is 105 cm³/mol. The second-order valence-electron chi connectivity index (χ2n) is 6.47. The number of carbonyl (C=O) groups excluding carboxylic acids is 1. The highest BCUT2D eigenvalue weighted by molar-refractivity contribution is 7.08. The molecule has 0 unspecified atom stereocenters. The zero-order valence-electron chi connectivity index (χ0n) is 15.1. The summed E-state index contributed by atoms with van der Waals surface area (Å²) < 4.78 is 11.5. The van der Waals surface area contributed by atoms with E-state index in [0.29, 0.717) is 41.8 Å². The molecule has 29 heavy (non-hydrogen) atoms. The number of hydrogen-bond donors (Lipinski definition) is 0. The Bertz CT molecular complexity index is 1120. The first-order valence-electron chi connectivity index (χ1n) is 8.95. The number of benzene rings is 1. The van der Waals surface area contributed by atoms with Crippen LogP contribution in [0.1, 0.15) is 10.4 Å². The lowest BCUT2D eigenvalue weighted by Gasteiger charge is -2.39. The molecule has 9 heteroatoms. The van der Waals surface area contributed by atoms with Crippen molar-refractivity contribution in [3.63, 3.8) is 0 Å². The van der Waals surface area contributed by atoms with Crippen molar-refractivity contribution in [3.8, 4) is 28.7 Å². The number of carbonyl (C=O) groups is 1. The molecule has 1 aromatic carbocycles. The molecule has 0 N–H and O–H groups in total. The van der Waals surface area contributed by atoms with Crippen LogP contribution in [0.2, 0.25) is 0 Å². The van der Waals surface area contributed by atoms with Crippen LogP contribution in [0.3, 0.4) is 0 Å². The molecule has 0 saturated carbocycles. The van der Waals surface area contributed by atoms with Gasteiger partial charge in [0.05, 0.1) is 30.4 Å². The van der Waals surface area contributed by atoms with Gasteiger partial charge in [0.25, 0.3) is 11.8 Å². The summed E-state index contributed by atoms with van der Waals surface area (Å²) >= 11 is 1.51. The fourth-order valence-electron chi connectivity index (χ4n) is 3.02. The molecule has 0 radical (unpaired) electrons. The molecular weight excluding hydrogens is 390 g/mol. The Morgan fingerprint density at radius 3 is 2.90 bits per heavy atom. The molecule has 0 atom stereocenters. The van der Waals surface area contributed by atoms with Crippen molar-refractivity contribution in [1.82, 2.24) is 25.0 Å². The van der Waals surface area contributed by atoms with Gasteiger partial charge >= 0.3 is 0 Å². The standard InChI is InChI=1S/C20H15N5O3S/c26-20(13-5-8-29-12-13)25-10-14(11-25)27-17-4-2-1-3-15(17)19-23-18(24-28-19)16-9-21-6-7-22-16/h1-9,12,14H,10-11H2. The number of thiophene rings is 1. The number of para-hydroxylation sites is 1. The average Bonchev–Trinajstić information content (AvgIpc) is 3.43. The first kappa shape index (κ1) is 17.5. The summed E-state index contributed by atoms with van der Waals surface area (Å²) in [7, 11) is 0. The van der Waals surface area contributed by atoms with E-state index in [0.717, 1.165) is 5.56 Å². The minimum Gasteiger partial charge on any atom is -0.486 e. The van der Waals surface area contributed by atoms with Crippen LogP contribution in [0.5, 0.6) is 5.75 Å². The fourth-order valence-corrected chi connectivity index (χ4v) is 3.65. The molecule has 144 valence electrons. The summed E-state index contributed by atoms with van der Waals surface area (Å²) in [6.07, 6.45) is 4.65. The summed E-state index contributed by atoms with van der Waals surface area (Å²) in [6.45, 7) is 1.08. The van der Waals surface area contributed by atoms with E-state index in [1.165, 1.54) is 11.3 Å². The van der Waals surface area contributed by atoms with E-state index < -0.39 is 0 Å². The van der Waals surface area contributed by atoms with Gasteiger partial charge in [-0.1, -0.05) is 17.3 Å². The van der Waals surface area contributed by atoms with E-state index in [2.05, 4.69) is 20.1 Å². The lowest BCUT2D eigenvalue weighted by atomic mass is 10.1. The first-order chi connectivity index (χ1) is 14.3. The van der Waals surface area contributed by atoms with Gasteiger partial charge in [0, 0.05) is 17.8 Å². The number of nitrogens with zero attached hydrogens (tertiary/aromatic N) is 5. The van der Waals surface area contributed by atoms with E-state index in [1.807, 2.05) is 41.1 Å². The van der Waals surface area contributed by atoms with Gasteiger partial charge in [-0.2, -0.15) is 16.3 Å². The maximum Gasteiger partial charge on any atom is 0.262 e. The number of ether oxygens (including phenoxy) is 1. The number of aromatic nitrogens is 4. The maximum absolute atomic E-state index is 12.3. The average molecular weight is 405 g/mol. The molecule has 5 rings (SSSR count). The summed E-state index contributed by atoms with van der Waals surface area (Å²) in [6, 6.07) is 9.30. The Balaban J connectivity index is 1.30.